The monoisotopic (exact) mass is 225 g/mol. The van der Waals surface area contributed by atoms with Crippen LogP contribution in [-0.4, -0.2) is 35.4 Å². The third-order valence-electron chi connectivity index (χ3n) is 3.34. The van der Waals surface area contributed by atoms with E-state index in [0.717, 1.165) is 6.42 Å². The maximum absolute atomic E-state index is 11.4. The minimum atomic E-state index is -0.935. The molecule has 90 valence electrons. The van der Waals surface area contributed by atoms with Crippen molar-refractivity contribution < 1.29 is 14.6 Å². The molecule has 1 heterocycles. The number of carboxylic acid groups (broad SMARTS) is 1. The molecule has 0 saturated carbocycles. The molecule has 1 rings (SSSR count). The van der Waals surface area contributed by atoms with Crippen molar-refractivity contribution in [3.05, 3.63) is 0 Å². The number of aliphatic carboxylic acids is 1. The molecule has 0 aromatic rings. The molecular weight excluding hydrogens is 206 g/mol. The number of carbonyl (C=O) groups is 1. The Bertz CT molecular complexity index is 310. The van der Waals surface area contributed by atoms with Crippen LogP contribution in [0.3, 0.4) is 0 Å². The Morgan fingerprint density at radius 3 is 2.88 bits per heavy atom. The molecule has 4 heteroatoms. The molecule has 2 unspecified atom stereocenters. The Morgan fingerprint density at radius 2 is 2.38 bits per heavy atom. The number of hydrogen-bond donors (Lipinski definition) is 2. The van der Waals surface area contributed by atoms with Crippen LogP contribution in [0.2, 0.25) is 0 Å². The van der Waals surface area contributed by atoms with E-state index in [0.29, 0.717) is 19.4 Å². The van der Waals surface area contributed by atoms with Crippen molar-refractivity contribution in [2.75, 3.05) is 13.2 Å². The van der Waals surface area contributed by atoms with Gasteiger partial charge in [0.1, 0.15) is 5.54 Å². The van der Waals surface area contributed by atoms with E-state index in [9.17, 15) is 9.90 Å². The van der Waals surface area contributed by atoms with Crippen LogP contribution in [0.5, 0.6) is 0 Å². The molecule has 0 aromatic heterocycles. The Labute approximate surface area is 96.4 Å². The number of hydrogen-bond acceptors (Lipinski definition) is 3. The molecule has 0 bridgehead atoms. The quantitative estimate of drug-likeness (QED) is 0.701. The molecule has 1 saturated heterocycles. The maximum atomic E-state index is 11.4. The van der Waals surface area contributed by atoms with Gasteiger partial charge in [0.25, 0.3) is 0 Å². The Morgan fingerprint density at radius 1 is 1.69 bits per heavy atom. The average Bonchev–Trinajstić information content (AvgIpc) is 2.26. The van der Waals surface area contributed by atoms with Crippen molar-refractivity contribution in [1.82, 2.24) is 5.32 Å². The number of nitrogens with one attached hydrogen (secondary N) is 1. The van der Waals surface area contributed by atoms with Gasteiger partial charge in [0.15, 0.2) is 0 Å². The van der Waals surface area contributed by atoms with Crippen LogP contribution < -0.4 is 5.32 Å². The summed E-state index contributed by atoms with van der Waals surface area (Å²) in [6, 6.07) is 0. The van der Waals surface area contributed by atoms with Crippen molar-refractivity contribution in [1.29, 1.82) is 0 Å². The lowest BCUT2D eigenvalue weighted by atomic mass is 9.79. The van der Waals surface area contributed by atoms with Gasteiger partial charge < -0.3 is 9.84 Å². The highest BCUT2D eigenvalue weighted by Gasteiger charge is 2.47. The van der Waals surface area contributed by atoms with E-state index in [1.54, 1.807) is 0 Å². The Balaban J connectivity index is 2.85. The zero-order valence-corrected chi connectivity index (χ0v) is 9.88. The third kappa shape index (κ3) is 2.55. The van der Waals surface area contributed by atoms with Crippen molar-refractivity contribution >= 4 is 5.97 Å². The van der Waals surface area contributed by atoms with Crippen molar-refractivity contribution in [3.8, 4) is 12.3 Å². The van der Waals surface area contributed by atoms with Gasteiger partial charge in [-0.25, -0.2) is 0 Å². The molecule has 2 N–H and O–H groups in total. The standard InChI is InChI=1S/C12H19NO3/c1-4-7-13-12(10(14)15)6-8-16-11(3,5-2)9-12/h1,13H,5-9H2,2-3H3,(H,14,15). The van der Waals surface area contributed by atoms with Gasteiger partial charge in [0.05, 0.1) is 12.1 Å². The summed E-state index contributed by atoms with van der Waals surface area (Å²) in [6.45, 7) is 4.67. The number of terminal acetylenes is 1. The van der Waals surface area contributed by atoms with Crippen LogP contribution in [-0.2, 0) is 9.53 Å². The smallest absolute Gasteiger partial charge is 0.324 e. The normalized spacial score (nSPS) is 34.3. The minimum absolute atomic E-state index is 0.270. The lowest BCUT2D eigenvalue weighted by molar-refractivity contribution is -0.160. The van der Waals surface area contributed by atoms with Crippen LogP contribution in [0.25, 0.3) is 0 Å². The first kappa shape index (κ1) is 13.0. The molecule has 16 heavy (non-hydrogen) atoms. The van der Waals surface area contributed by atoms with E-state index in [1.165, 1.54) is 0 Å². The first-order chi connectivity index (χ1) is 7.48. The van der Waals surface area contributed by atoms with Gasteiger partial charge in [-0.3, -0.25) is 10.1 Å². The van der Waals surface area contributed by atoms with E-state index < -0.39 is 11.5 Å². The summed E-state index contributed by atoms with van der Waals surface area (Å²) in [7, 11) is 0. The molecule has 0 spiro atoms. The molecule has 1 aliphatic heterocycles. The van der Waals surface area contributed by atoms with Gasteiger partial charge in [-0.1, -0.05) is 12.8 Å². The summed E-state index contributed by atoms with van der Waals surface area (Å²) in [5, 5.41) is 12.3. The molecule has 0 aliphatic carbocycles. The number of carboxylic acids is 1. The van der Waals surface area contributed by atoms with Crippen molar-refractivity contribution in [3.63, 3.8) is 0 Å². The highest BCUT2D eigenvalue weighted by Crippen LogP contribution is 2.34. The molecule has 0 amide bonds. The number of ether oxygens (including phenoxy) is 1. The van der Waals surface area contributed by atoms with E-state index in [4.69, 9.17) is 11.2 Å². The van der Waals surface area contributed by atoms with Crippen LogP contribution in [0.15, 0.2) is 0 Å². The summed E-state index contributed by atoms with van der Waals surface area (Å²) in [6.07, 6.45) is 6.87. The topological polar surface area (TPSA) is 58.6 Å². The van der Waals surface area contributed by atoms with Gasteiger partial charge >= 0.3 is 5.97 Å². The highest BCUT2D eigenvalue weighted by atomic mass is 16.5. The fraction of sp³-hybridized carbons (Fsp3) is 0.750. The minimum Gasteiger partial charge on any atom is -0.480 e. The van der Waals surface area contributed by atoms with Crippen LogP contribution in [0, 0.1) is 12.3 Å². The highest BCUT2D eigenvalue weighted by molar-refractivity contribution is 5.79. The first-order valence-corrected chi connectivity index (χ1v) is 5.54. The predicted molar refractivity (Wildman–Crippen MR) is 61.1 cm³/mol. The molecule has 0 aromatic carbocycles. The second-order valence-electron chi connectivity index (χ2n) is 4.52. The van der Waals surface area contributed by atoms with Gasteiger partial charge in [0.2, 0.25) is 0 Å². The predicted octanol–water partition coefficient (Wildman–Crippen LogP) is 1.01. The molecular formula is C12H19NO3. The zero-order chi connectivity index (χ0) is 12.2. The average molecular weight is 225 g/mol. The summed E-state index contributed by atoms with van der Waals surface area (Å²) in [4.78, 5) is 11.4. The second kappa shape index (κ2) is 4.86. The summed E-state index contributed by atoms with van der Waals surface area (Å²) < 4.78 is 5.65. The largest absolute Gasteiger partial charge is 0.480 e. The summed E-state index contributed by atoms with van der Waals surface area (Å²) in [5.74, 6) is 1.58. The molecule has 1 fully saturated rings. The fourth-order valence-corrected chi connectivity index (χ4v) is 2.11. The lowest BCUT2D eigenvalue weighted by Gasteiger charge is -2.43. The summed E-state index contributed by atoms with van der Waals surface area (Å²) in [5.41, 5.74) is -1.31. The van der Waals surface area contributed by atoms with E-state index in [1.807, 2.05) is 13.8 Å². The van der Waals surface area contributed by atoms with Gasteiger partial charge in [-0.05, 0) is 19.8 Å². The Kier molecular flexibility index (Phi) is 3.95. The zero-order valence-electron chi connectivity index (χ0n) is 9.88. The first-order valence-electron chi connectivity index (χ1n) is 5.54. The molecule has 2 atom stereocenters. The van der Waals surface area contributed by atoms with Crippen LogP contribution >= 0.6 is 0 Å². The number of rotatable bonds is 4. The van der Waals surface area contributed by atoms with E-state index in [2.05, 4.69) is 11.2 Å². The third-order valence-corrected chi connectivity index (χ3v) is 3.34. The Hall–Kier alpha value is -1.05. The molecule has 1 aliphatic rings. The van der Waals surface area contributed by atoms with Crippen molar-refractivity contribution in [2.24, 2.45) is 0 Å². The lowest BCUT2D eigenvalue weighted by Crippen LogP contribution is -2.60. The SMILES string of the molecule is C#CCNC1(C(=O)O)CCOC(C)(CC)C1. The van der Waals surface area contributed by atoms with Crippen LogP contribution in [0.4, 0.5) is 0 Å². The molecule has 0 radical (unpaired) electrons. The summed E-state index contributed by atoms with van der Waals surface area (Å²) >= 11 is 0. The van der Waals surface area contributed by atoms with E-state index in [-0.39, 0.29) is 12.1 Å². The molecule has 4 nitrogen and oxygen atoms in total. The van der Waals surface area contributed by atoms with Gasteiger partial charge in [-0.2, -0.15) is 0 Å². The second-order valence-corrected chi connectivity index (χ2v) is 4.52. The van der Waals surface area contributed by atoms with Gasteiger partial charge in [-0.15, -0.1) is 6.42 Å². The van der Waals surface area contributed by atoms with Crippen molar-refractivity contribution in [2.45, 2.75) is 44.2 Å². The maximum Gasteiger partial charge on any atom is 0.324 e. The van der Waals surface area contributed by atoms with Gasteiger partial charge in [0, 0.05) is 13.0 Å². The van der Waals surface area contributed by atoms with Crippen LogP contribution in [0.1, 0.15) is 33.1 Å². The fourth-order valence-electron chi connectivity index (χ4n) is 2.11. The van der Waals surface area contributed by atoms with E-state index >= 15 is 0 Å².